The lowest BCUT2D eigenvalue weighted by molar-refractivity contribution is -0.272. The van der Waals surface area contributed by atoms with Crippen molar-refractivity contribution in [3.8, 4) is 0 Å². The molecule has 0 aromatic carbocycles. The SMILES string of the molecule is C=C1C(=O)[C@]23[C@H](OC(=O)[C@@H](N)CCCC)[C@H]1C[C@H](O)[C@H]2[C@]1(COC(C)=O)CCCC(C)(C)[C@H]1C[C@H]3OC.O=C(O)C(F)(F)F. The standard InChI is InChI=1S/C29H45NO7.C2HF3O2/c1-7-8-10-19(30)26(34)37-25-18-13-20(32)23-28(15-36-17(3)31)12-9-11-27(4,5)21(28)14-22(35-6)29(23,25)24(33)16(18)2;3-2(4,5)1(6)7/h18-23,25,32H,2,7-15,30H2,1,3-6H3;(H,6,7)/t18-,19-,20-,21+,22+,23-,25+,28-,29+;/m0./s1. The van der Waals surface area contributed by atoms with Gasteiger partial charge < -0.3 is 30.2 Å². The third-order valence-electron chi connectivity index (χ3n) is 10.6. The van der Waals surface area contributed by atoms with Crippen LogP contribution in [0.2, 0.25) is 0 Å². The number of methoxy groups -OCH3 is 1. The van der Waals surface area contributed by atoms with Crippen molar-refractivity contribution >= 4 is 23.7 Å². The molecule has 0 aromatic heterocycles. The lowest BCUT2D eigenvalue weighted by Crippen LogP contribution is -2.72. The molecule has 0 heterocycles. The number of alkyl halides is 3. The van der Waals surface area contributed by atoms with Crippen molar-refractivity contribution in [1.29, 1.82) is 0 Å². The zero-order valence-electron chi connectivity index (χ0n) is 26.1. The highest BCUT2D eigenvalue weighted by Crippen LogP contribution is 2.72. The molecule has 4 saturated carbocycles. The van der Waals surface area contributed by atoms with Crippen molar-refractivity contribution in [2.45, 2.75) is 110 Å². The normalized spacial score (nSPS) is 36.2. The van der Waals surface area contributed by atoms with E-state index in [1.807, 2.05) is 6.92 Å². The van der Waals surface area contributed by atoms with Crippen LogP contribution < -0.4 is 5.73 Å². The van der Waals surface area contributed by atoms with Crippen molar-refractivity contribution in [2.75, 3.05) is 13.7 Å². The topological polar surface area (TPSA) is 162 Å². The maximum atomic E-state index is 14.3. The quantitative estimate of drug-likeness (QED) is 0.263. The van der Waals surface area contributed by atoms with E-state index in [0.717, 1.165) is 25.7 Å². The summed E-state index contributed by atoms with van der Waals surface area (Å²) in [5.41, 5.74) is 4.47. The number of unbranched alkanes of at least 4 members (excludes halogenated alkanes) is 1. The van der Waals surface area contributed by atoms with E-state index in [0.29, 0.717) is 24.8 Å². The summed E-state index contributed by atoms with van der Waals surface area (Å²) < 4.78 is 49.7. The Labute approximate surface area is 255 Å². The number of carbonyl (C=O) groups is 4. The molecule has 9 atom stereocenters. The summed E-state index contributed by atoms with van der Waals surface area (Å²) in [4.78, 5) is 48.5. The third-order valence-corrected chi connectivity index (χ3v) is 10.6. The van der Waals surface area contributed by atoms with Gasteiger partial charge in [-0.05, 0) is 49.0 Å². The number of esters is 2. The van der Waals surface area contributed by atoms with Crippen LogP contribution in [0, 0.1) is 34.0 Å². The summed E-state index contributed by atoms with van der Waals surface area (Å²) in [6.07, 6.45) is -1.79. The molecule has 4 fully saturated rings. The number of nitrogens with two attached hydrogens (primary N) is 1. The Hall–Kier alpha value is -2.51. The zero-order valence-corrected chi connectivity index (χ0v) is 26.1. The van der Waals surface area contributed by atoms with Gasteiger partial charge in [-0.15, -0.1) is 0 Å². The van der Waals surface area contributed by atoms with Crippen LogP contribution in [0.4, 0.5) is 13.2 Å². The number of carbonyl (C=O) groups excluding carboxylic acids is 3. The van der Waals surface area contributed by atoms with Crippen molar-refractivity contribution in [1.82, 2.24) is 0 Å². The number of aliphatic carboxylic acids is 1. The molecule has 0 aliphatic heterocycles. The van der Waals surface area contributed by atoms with E-state index >= 15 is 0 Å². The summed E-state index contributed by atoms with van der Waals surface area (Å²) in [7, 11) is 1.58. The predicted octanol–water partition coefficient (Wildman–Crippen LogP) is 3.97. The lowest BCUT2D eigenvalue weighted by atomic mass is 9.39. The first-order valence-electron chi connectivity index (χ1n) is 15.2. The van der Waals surface area contributed by atoms with E-state index < -0.39 is 71.1 Å². The van der Waals surface area contributed by atoms with Gasteiger partial charge in [-0.1, -0.05) is 46.6 Å². The average Bonchev–Trinajstić information content (AvgIpc) is 3.05. The number of Topliss-reactive ketones (excluding diaryl/α,β-unsaturated/α-hetero) is 1. The third kappa shape index (κ3) is 6.16. The number of carboxylic acids is 1. The van der Waals surface area contributed by atoms with E-state index in [-0.39, 0.29) is 30.1 Å². The van der Waals surface area contributed by atoms with Gasteiger partial charge in [-0.3, -0.25) is 14.4 Å². The van der Waals surface area contributed by atoms with E-state index in [1.54, 1.807) is 7.11 Å². The minimum Gasteiger partial charge on any atom is -0.475 e. The van der Waals surface area contributed by atoms with Gasteiger partial charge in [-0.2, -0.15) is 13.2 Å². The van der Waals surface area contributed by atoms with Crippen LogP contribution in [0.5, 0.6) is 0 Å². The molecule has 44 heavy (non-hydrogen) atoms. The van der Waals surface area contributed by atoms with Crippen LogP contribution in [0.25, 0.3) is 0 Å². The fraction of sp³-hybridized carbons (Fsp3) is 0.806. The molecule has 4 aliphatic rings. The first-order valence-corrected chi connectivity index (χ1v) is 15.2. The number of hydrogen-bond acceptors (Lipinski definition) is 9. The number of halogens is 3. The monoisotopic (exact) mass is 633 g/mol. The number of aliphatic hydroxyl groups is 1. The first kappa shape index (κ1) is 36.0. The number of carboxylic acid groups (broad SMARTS) is 1. The average molecular weight is 634 g/mol. The number of fused-ring (bicyclic) bond motifs is 3. The van der Waals surface area contributed by atoms with Crippen molar-refractivity contribution < 1.29 is 56.8 Å². The maximum Gasteiger partial charge on any atom is 0.490 e. The first-order chi connectivity index (χ1) is 20.3. The highest BCUT2D eigenvalue weighted by molar-refractivity contribution is 6.05. The highest BCUT2D eigenvalue weighted by Gasteiger charge is 2.78. The summed E-state index contributed by atoms with van der Waals surface area (Å²) in [6.45, 7) is 12.1. The Bertz CT molecular complexity index is 1140. The summed E-state index contributed by atoms with van der Waals surface area (Å²) in [5, 5.41) is 18.9. The van der Waals surface area contributed by atoms with E-state index in [9.17, 15) is 32.7 Å². The minimum atomic E-state index is -5.08. The number of hydrogen-bond donors (Lipinski definition) is 3. The van der Waals surface area contributed by atoms with Gasteiger partial charge in [0, 0.05) is 31.3 Å². The van der Waals surface area contributed by atoms with Gasteiger partial charge in [0.2, 0.25) is 0 Å². The molecule has 250 valence electrons. The van der Waals surface area contributed by atoms with Crippen molar-refractivity contribution in [3.63, 3.8) is 0 Å². The lowest BCUT2D eigenvalue weighted by Gasteiger charge is -2.67. The molecule has 4 aliphatic carbocycles. The Morgan fingerprint density at radius 2 is 1.80 bits per heavy atom. The second kappa shape index (κ2) is 13.1. The van der Waals surface area contributed by atoms with E-state index in [4.69, 9.17) is 29.8 Å². The fourth-order valence-corrected chi connectivity index (χ4v) is 8.84. The number of ether oxygens (including phenoxy) is 3. The van der Waals surface area contributed by atoms with Crippen LogP contribution in [0.1, 0.15) is 79.1 Å². The summed E-state index contributed by atoms with van der Waals surface area (Å²) in [5.74, 6) is -4.97. The van der Waals surface area contributed by atoms with Crippen LogP contribution in [-0.4, -0.2) is 78.2 Å². The number of aliphatic hydroxyl groups excluding tert-OH is 1. The predicted molar refractivity (Wildman–Crippen MR) is 151 cm³/mol. The summed E-state index contributed by atoms with van der Waals surface area (Å²) >= 11 is 0. The Morgan fingerprint density at radius 1 is 1.18 bits per heavy atom. The Balaban J connectivity index is 0.000000676. The molecule has 0 saturated heterocycles. The summed E-state index contributed by atoms with van der Waals surface area (Å²) in [6, 6.07) is -0.787. The van der Waals surface area contributed by atoms with Gasteiger partial charge in [0.25, 0.3) is 0 Å². The number of rotatable bonds is 8. The molecule has 0 radical (unpaired) electrons. The molecular formula is C31H46F3NO9. The van der Waals surface area contributed by atoms with Crippen LogP contribution in [-0.2, 0) is 33.4 Å². The minimum absolute atomic E-state index is 0.0321. The molecule has 0 unspecified atom stereocenters. The van der Waals surface area contributed by atoms with Crippen molar-refractivity contribution in [2.24, 2.45) is 39.7 Å². The largest absolute Gasteiger partial charge is 0.490 e. The smallest absolute Gasteiger partial charge is 0.475 e. The van der Waals surface area contributed by atoms with Gasteiger partial charge >= 0.3 is 24.1 Å². The molecular weight excluding hydrogens is 587 g/mol. The van der Waals surface area contributed by atoms with Crippen LogP contribution in [0.15, 0.2) is 12.2 Å². The van der Waals surface area contributed by atoms with Gasteiger partial charge in [0.1, 0.15) is 17.6 Å². The number of ketones is 1. The highest BCUT2D eigenvalue weighted by atomic mass is 19.4. The van der Waals surface area contributed by atoms with Crippen LogP contribution in [0.3, 0.4) is 0 Å². The van der Waals surface area contributed by atoms with Gasteiger partial charge in [0.05, 0.1) is 18.8 Å². The Morgan fingerprint density at radius 3 is 2.32 bits per heavy atom. The molecule has 2 bridgehead atoms. The zero-order chi connectivity index (χ0) is 33.4. The second-order valence-electron chi connectivity index (χ2n) is 13.5. The molecule has 10 nitrogen and oxygen atoms in total. The van der Waals surface area contributed by atoms with E-state index in [1.165, 1.54) is 6.92 Å². The van der Waals surface area contributed by atoms with E-state index in [2.05, 4.69) is 20.4 Å². The van der Waals surface area contributed by atoms with Gasteiger partial charge in [0.15, 0.2) is 5.78 Å². The molecule has 4 rings (SSSR count). The fourth-order valence-electron chi connectivity index (χ4n) is 8.84. The van der Waals surface area contributed by atoms with Crippen LogP contribution >= 0.6 is 0 Å². The molecule has 4 N–H and O–H groups in total. The second-order valence-corrected chi connectivity index (χ2v) is 13.5. The molecule has 0 aromatic rings. The molecule has 1 spiro atoms. The van der Waals surface area contributed by atoms with Gasteiger partial charge in [-0.25, -0.2) is 4.79 Å². The molecule has 13 heteroatoms. The van der Waals surface area contributed by atoms with Crippen molar-refractivity contribution in [3.05, 3.63) is 12.2 Å². The maximum absolute atomic E-state index is 14.3. The molecule has 0 amide bonds. The Kier molecular flexibility index (Phi) is 10.7.